The largest absolute Gasteiger partial charge is 0.493 e. The number of aryl methyl sites for hydroxylation is 1. The fraction of sp³-hybridized carbons (Fsp3) is 0.259. The van der Waals surface area contributed by atoms with Crippen molar-refractivity contribution in [2.24, 2.45) is 0 Å². The van der Waals surface area contributed by atoms with Gasteiger partial charge >= 0.3 is 0 Å². The summed E-state index contributed by atoms with van der Waals surface area (Å²) in [5.74, 6) is 1.84. The number of nitrogens with zero attached hydrogens (tertiary/aromatic N) is 3. The summed E-state index contributed by atoms with van der Waals surface area (Å²) >= 11 is 0. The van der Waals surface area contributed by atoms with E-state index < -0.39 is 0 Å². The molecule has 0 aliphatic carbocycles. The molecule has 1 amide bonds. The van der Waals surface area contributed by atoms with Crippen molar-refractivity contribution < 1.29 is 18.7 Å². The molecule has 0 saturated heterocycles. The van der Waals surface area contributed by atoms with Gasteiger partial charge in [-0.1, -0.05) is 37.3 Å². The fourth-order valence-corrected chi connectivity index (χ4v) is 3.74. The lowest BCUT2D eigenvalue weighted by molar-refractivity contribution is 0.0637. The van der Waals surface area contributed by atoms with Gasteiger partial charge in [0.2, 0.25) is 5.88 Å². The lowest BCUT2D eigenvalue weighted by Crippen LogP contribution is -2.37. The van der Waals surface area contributed by atoms with E-state index in [1.54, 1.807) is 28.8 Å². The number of carbonyl (C=O) groups excluding carboxylic acids is 1. The van der Waals surface area contributed by atoms with Crippen LogP contribution < -0.4 is 9.47 Å². The minimum atomic E-state index is -0.172. The minimum absolute atomic E-state index is 0.0174. The molecule has 0 N–H and O–H groups in total. The third kappa shape index (κ3) is 4.69. The van der Waals surface area contributed by atoms with Gasteiger partial charge in [-0.05, 0) is 56.7 Å². The Bertz CT molecular complexity index is 1230. The topological polar surface area (TPSA) is 69.7 Å². The van der Waals surface area contributed by atoms with Crippen molar-refractivity contribution in [2.75, 3.05) is 7.11 Å². The van der Waals surface area contributed by atoms with E-state index in [1.807, 2.05) is 68.4 Å². The molecule has 2 aromatic heterocycles. The van der Waals surface area contributed by atoms with E-state index in [1.165, 1.54) is 6.26 Å². The summed E-state index contributed by atoms with van der Waals surface area (Å²) in [6, 6.07) is 20.6. The SMILES string of the molecule is CC[C@H](C)N(Cc1c(C)nn(-c2ccccc2)c1Oc1ccccc1OC)C(=O)c1ccco1. The summed E-state index contributed by atoms with van der Waals surface area (Å²) in [5, 5.41) is 4.78. The van der Waals surface area contributed by atoms with Crippen molar-refractivity contribution in [3.05, 3.63) is 90.0 Å². The van der Waals surface area contributed by atoms with Crippen LogP contribution in [0.3, 0.4) is 0 Å². The number of aromatic nitrogens is 2. The monoisotopic (exact) mass is 459 g/mol. The van der Waals surface area contributed by atoms with Gasteiger partial charge in [0.05, 0.1) is 36.9 Å². The van der Waals surface area contributed by atoms with Crippen molar-refractivity contribution in [3.8, 4) is 23.1 Å². The highest BCUT2D eigenvalue weighted by Gasteiger charge is 2.28. The average molecular weight is 460 g/mol. The second-order valence-electron chi connectivity index (χ2n) is 8.04. The number of amides is 1. The molecule has 4 aromatic rings. The van der Waals surface area contributed by atoms with Crippen LogP contribution in [-0.4, -0.2) is 33.7 Å². The average Bonchev–Trinajstić information content (AvgIpc) is 3.51. The molecule has 2 heterocycles. The third-order valence-corrected chi connectivity index (χ3v) is 5.86. The Morgan fingerprint density at radius 3 is 2.41 bits per heavy atom. The summed E-state index contributed by atoms with van der Waals surface area (Å²) in [6.07, 6.45) is 2.30. The summed E-state index contributed by atoms with van der Waals surface area (Å²) in [5.41, 5.74) is 2.44. The molecule has 0 aliphatic rings. The smallest absolute Gasteiger partial charge is 0.290 e. The molecule has 176 valence electrons. The highest BCUT2D eigenvalue weighted by molar-refractivity contribution is 5.91. The number of carbonyl (C=O) groups is 1. The van der Waals surface area contributed by atoms with Crippen LogP contribution in [0.4, 0.5) is 0 Å². The van der Waals surface area contributed by atoms with Gasteiger partial charge in [0.15, 0.2) is 17.3 Å². The quantitative estimate of drug-likeness (QED) is 0.306. The van der Waals surface area contributed by atoms with Gasteiger partial charge in [0.1, 0.15) is 0 Å². The van der Waals surface area contributed by atoms with E-state index in [0.29, 0.717) is 29.7 Å². The number of furan rings is 1. The Labute approximate surface area is 199 Å². The first-order chi connectivity index (χ1) is 16.5. The molecular formula is C27H29N3O4. The van der Waals surface area contributed by atoms with E-state index in [2.05, 4.69) is 6.92 Å². The zero-order chi connectivity index (χ0) is 24.1. The van der Waals surface area contributed by atoms with Crippen LogP contribution in [0.25, 0.3) is 5.69 Å². The number of hydrogen-bond acceptors (Lipinski definition) is 5. The lowest BCUT2D eigenvalue weighted by atomic mass is 10.1. The molecule has 0 aliphatic heterocycles. The van der Waals surface area contributed by atoms with Gasteiger partial charge in [-0.25, -0.2) is 4.68 Å². The van der Waals surface area contributed by atoms with Crippen LogP contribution in [0.15, 0.2) is 77.4 Å². The molecule has 0 radical (unpaired) electrons. The highest BCUT2D eigenvalue weighted by Crippen LogP contribution is 2.36. The Hall–Kier alpha value is -4.00. The number of rotatable bonds is 9. The number of para-hydroxylation sites is 3. The zero-order valence-electron chi connectivity index (χ0n) is 19.9. The van der Waals surface area contributed by atoms with E-state index in [9.17, 15) is 4.79 Å². The summed E-state index contributed by atoms with van der Waals surface area (Å²) < 4.78 is 19.1. The van der Waals surface area contributed by atoms with Crippen LogP contribution in [0.5, 0.6) is 17.4 Å². The molecule has 0 bridgehead atoms. The molecule has 7 nitrogen and oxygen atoms in total. The maximum absolute atomic E-state index is 13.3. The molecular weight excluding hydrogens is 430 g/mol. The Morgan fingerprint density at radius 1 is 1.06 bits per heavy atom. The van der Waals surface area contributed by atoms with Crippen molar-refractivity contribution >= 4 is 5.91 Å². The highest BCUT2D eigenvalue weighted by atomic mass is 16.5. The predicted molar refractivity (Wildman–Crippen MR) is 130 cm³/mol. The summed E-state index contributed by atoms with van der Waals surface area (Å²) in [4.78, 5) is 15.1. The first-order valence-electron chi connectivity index (χ1n) is 11.3. The van der Waals surface area contributed by atoms with Gasteiger partial charge < -0.3 is 18.8 Å². The lowest BCUT2D eigenvalue weighted by Gasteiger charge is -2.28. The second kappa shape index (κ2) is 10.3. The number of benzene rings is 2. The van der Waals surface area contributed by atoms with E-state index >= 15 is 0 Å². The first-order valence-corrected chi connectivity index (χ1v) is 11.3. The number of hydrogen-bond donors (Lipinski definition) is 0. The van der Waals surface area contributed by atoms with Crippen LogP contribution >= 0.6 is 0 Å². The molecule has 0 unspecified atom stereocenters. The van der Waals surface area contributed by atoms with E-state index in [4.69, 9.17) is 19.0 Å². The van der Waals surface area contributed by atoms with Crippen LogP contribution in [0, 0.1) is 6.92 Å². The Balaban J connectivity index is 1.81. The minimum Gasteiger partial charge on any atom is -0.493 e. The maximum Gasteiger partial charge on any atom is 0.290 e. The Kier molecular flexibility index (Phi) is 7.01. The van der Waals surface area contributed by atoms with E-state index in [-0.39, 0.29) is 11.9 Å². The number of methoxy groups -OCH3 is 1. The molecule has 0 saturated carbocycles. The summed E-state index contributed by atoms with van der Waals surface area (Å²) in [6.45, 7) is 6.33. The normalized spacial score (nSPS) is 11.8. The van der Waals surface area contributed by atoms with Crippen LogP contribution in [-0.2, 0) is 6.54 Å². The van der Waals surface area contributed by atoms with Crippen molar-refractivity contribution in [3.63, 3.8) is 0 Å². The first kappa shape index (κ1) is 23.2. The van der Waals surface area contributed by atoms with Gasteiger partial charge in [0, 0.05) is 6.04 Å². The fourth-order valence-electron chi connectivity index (χ4n) is 3.74. The standard InChI is InChI=1S/C27H29N3O4/c1-5-19(2)29(26(31)25-16-11-17-33-25)18-22-20(3)28-30(21-12-7-6-8-13-21)27(22)34-24-15-10-9-14-23(24)32-4/h6-17,19H,5,18H2,1-4H3/t19-/m0/s1. The van der Waals surface area contributed by atoms with Gasteiger partial charge in [-0.2, -0.15) is 5.10 Å². The van der Waals surface area contributed by atoms with Crippen LogP contribution in [0.1, 0.15) is 42.1 Å². The summed E-state index contributed by atoms with van der Waals surface area (Å²) in [7, 11) is 1.61. The molecule has 7 heteroatoms. The second-order valence-corrected chi connectivity index (χ2v) is 8.04. The maximum atomic E-state index is 13.3. The molecule has 34 heavy (non-hydrogen) atoms. The zero-order valence-corrected chi connectivity index (χ0v) is 19.9. The number of ether oxygens (including phenoxy) is 2. The molecule has 1 atom stereocenters. The third-order valence-electron chi connectivity index (χ3n) is 5.86. The van der Waals surface area contributed by atoms with Crippen molar-refractivity contribution in [1.82, 2.24) is 14.7 Å². The molecule has 2 aromatic carbocycles. The van der Waals surface area contributed by atoms with Gasteiger partial charge in [-0.15, -0.1) is 0 Å². The van der Waals surface area contributed by atoms with Crippen molar-refractivity contribution in [1.29, 1.82) is 0 Å². The van der Waals surface area contributed by atoms with E-state index in [0.717, 1.165) is 23.4 Å². The Morgan fingerprint density at radius 2 is 1.76 bits per heavy atom. The van der Waals surface area contributed by atoms with Gasteiger partial charge in [0.25, 0.3) is 5.91 Å². The van der Waals surface area contributed by atoms with Gasteiger partial charge in [-0.3, -0.25) is 4.79 Å². The van der Waals surface area contributed by atoms with Crippen molar-refractivity contribution in [2.45, 2.75) is 39.8 Å². The molecule has 0 spiro atoms. The van der Waals surface area contributed by atoms with Crippen LogP contribution in [0.2, 0.25) is 0 Å². The molecule has 4 rings (SSSR count). The predicted octanol–water partition coefficient (Wildman–Crippen LogP) is 6.02. The molecule has 0 fully saturated rings.